The molecular weight excluding hydrogens is 222 g/mol. The fourth-order valence-corrected chi connectivity index (χ4v) is 1.76. The highest BCUT2D eigenvalue weighted by Gasteiger charge is 2.17. The Kier molecular flexibility index (Phi) is 3.43. The molecule has 92 valence electrons. The van der Waals surface area contributed by atoms with Gasteiger partial charge in [0.2, 0.25) is 0 Å². The second-order valence-electron chi connectivity index (χ2n) is 3.78. The molecule has 0 aromatic heterocycles. The summed E-state index contributed by atoms with van der Waals surface area (Å²) in [5.41, 5.74) is 0.993. The normalized spacial score (nSPS) is 18.5. The molecule has 0 saturated carbocycles. The van der Waals surface area contributed by atoms with Gasteiger partial charge in [-0.1, -0.05) is 11.3 Å². The van der Waals surface area contributed by atoms with Crippen molar-refractivity contribution in [2.24, 2.45) is 10.3 Å². The maximum Gasteiger partial charge on any atom is 0.125 e. The van der Waals surface area contributed by atoms with Crippen LogP contribution in [0.2, 0.25) is 0 Å². The first-order valence-corrected chi connectivity index (χ1v) is 5.29. The molecule has 17 heavy (non-hydrogen) atoms. The summed E-state index contributed by atoms with van der Waals surface area (Å²) in [5, 5.41) is 18.8. The fraction of sp³-hybridized carbons (Fsp3) is 0.455. The topological polar surface area (TPSA) is 69.5 Å². The Morgan fingerprint density at radius 3 is 2.82 bits per heavy atom. The number of methoxy groups -OCH3 is 2. The standard InChI is InChI=1S/C11H14N3O3/c1-16-10-4-3-8(11(6-10)17-2)5-9-7-14(15)13-12-9/h3-4,6,9H,5,7H2,1-2H3/q-1. The van der Waals surface area contributed by atoms with Gasteiger partial charge in [0.1, 0.15) is 11.5 Å². The monoisotopic (exact) mass is 236 g/mol. The van der Waals surface area contributed by atoms with Gasteiger partial charge < -0.3 is 19.9 Å². The molecule has 0 amide bonds. The third-order valence-corrected chi connectivity index (χ3v) is 2.63. The molecule has 0 fully saturated rings. The fourth-order valence-electron chi connectivity index (χ4n) is 1.76. The van der Waals surface area contributed by atoms with Crippen molar-refractivity contribution >= 4 is 0 Å². The number of hydroxylamine groups is 1. The van der Waals surface area contributed by atoms with E-state index in [1.165, 1.54) is 0 Å². The second kappa shape index (κ2) is 5.01. The zero-order chi connectivity index (χ0) is 12.3. The molecule has 2 rings (SSSR count). The van der Waals surface area contributed by atoms with E-state index in [9.17, 15) is 5.21 Å². The SMILES string of the molecule is COc1ccc(CC2CN([O-])N=N2)c(OC)c1. The first-order valence-electron chi connectivity index (χ1n) is 5.29. The van der Waals surface area contributed by atoms with Crippen LogP contribution in [0, 0.1) is 5.21 Å². The maximum atomic E-state index is 10.9. The van der Waals surface area contributed by atoms with E-state index in [-0.39, 0.29) is 6.04 Å². The highest BCUT2D eigenvalue weighted by molar-refractivity contribution is 5.41. The van der Waals surface area contributed by atoms with Crippen molar-refractivity contribution < 1.29 is 9.47 Å². The number of ether oxygens (including phenoxy) is 2. The van der Waals surface area contributed by atoms with Crippen molar-refractivity contribution in [2.75, 3.05) is 20.8 Å². The Morgan fingerprint density at radius 2 is 2.24 bits per heavy atom. The van der Waals surface area contributed by atoms with E-state index in [1.807, 2.05) is 18.2 Å². The van der Waals surface area contributed by atoms with E-state index in [4.69, 9.17) is 9.47 Å². The first-order chi connectivity index (χ1) is 8.22. The molecule has 0 N–H and O–H groups in total. The van der Waals surface area contributed by atoms with Crippen LogP contribution in [-0.2, 0) is 6.42 Å². The van der Waals surface area contributed by atoms with Crippen LogP contribution in [0.5, 0.6) is 11.5 Å². The van der Waals surface area contributed by atoms with Gasteiger partial charge in [0, 0.05) is 12.5 Å². The highest BCUT2D eigenvalue weighted by Crippen LogP contribution is 2.27. The van der Waals surface area contributed by atoms with E-state index >= 15 is 0 Å². The van der Waals surface area contributed by atoms with E-state index in [0.29, 0.717) is 18.1 Å². The summed E-state index contributed by atoms with van der Waals surface area (Å²) < 4.78 is 10.4. The summed E-state index contributed by atoms with van der Waals surface area (Å²) in [5.74, 6) is 1.48. The van der Waals surface area contributed by atoms with Gasteiger partial charge in [-0.25, -0.2) is 0 Å². The smallest absolute Gasteiger partial charge is 0.125 e. The van der Waals surface area contributed by atoms with E-state index in [2.05, 4.69) is 10.3 Å². The number of hydrogen-bond acceptors (Lipinski definition) is 6. The quantitative estimate of drug-likeness (QED) is 0.799. The average molecular weight is 236 g/mol. The number of benzene rings is 1. The van der Waals surface area contributed by atoms with Gasteiger partial charge in [-0.2, -0.15) is 5.11 Å². The molecule has 0 radical (unpaired) electrons. The van der Waals surface area contributed by atoms with Crippen molar-refractivity contribution in [2.45, 2.75) is 12.5 Å². The molecule has 1 aromatic rings. The Hall–Kier alpha value is -1.82. The molecule has 6 nitrogen and oxygen atoms in total. The Labute approximate surface area is 99.4 Å². The second-order valence-corrected chi connectivity index (χ2v) is 3.78. The molecule has 1 atom stereocenters. The molecule has 0 spiro atoms. The number of rotatable bonds is 4. The highest BCUT2D eigenvalue weighted by atomic mass is 16.5. The first kappa shape index (κ1) is 11.7. The lowest BCUT2D eigenvalue weighted by atomic mass is 10.1. The van der Waals surface area contributed by atoms with Crippen LogP contribution in [0.15, 0.2) is 28.5 Å². The average Bonchev–Trinajstić information content (AvgIpc) is 2.75. The van der Waals surface area contributed by atoms with Gasteiger partial charge in [-0.05, 0) is 11.6 Å². The summed E-state index contributed by atoms with van der Waals surface area (Å²) in [6.07, 6.45) is 0.634. The molecule has 1 heterocycles. The minimum atomic E-state index is -0.102. The number of hydrogen-bond donors (Lipinski definition) is 0. The molecule has 1 aromatic carbocycles. The molecule has 0 aliphatic carbocycles. The van der Waals surface area contributed by atoms with Crippen molar-refractivity contribution in [1.82, 2.24) is 5.17 Å². The summed E-state index contributed by atoms with van der Waals surface area (Å²) in [6, 6.07) is 5.49. The zero-order valence-corrected chi connectivity index (χ0v) is 9.79. The van der Waals surface area contributed by atoms with Gasteiger partial charge in [0.15, 0.2) is 0 Å². The Bertz CT molecular complexity index is 422. The van der Waals surface area contributed by atoms with Crippen LogP contribution in [0.3, 0.4) is 0 Å². The summed E-state index contributed by atoms with van der Waals surface area (Å²) >= 11 is 0. The van der Waals surface area contributed by atoms with E-state index < -0.39 is 0 Å². The molecule has 0 bridgehead atoms. The van der Waals surface area contributed by atoms with Crippen molar-refractivity contribution in [1.29, 1.82) is 0 Å². The van der Waals surface area contributed by atoms with Gasteiger partial charge >= 0.3 is 0 Å². The zero-order valence-electron chi connectivity index (χ0n) is 9.79. The van der Waals surface area contributed by atoms with Crippen LogP contribution in [0.1, 0.15) is 5.56 Å². The predicted molar refractivity (Wildman–Crippen MR) is 62.0 cm³/mol. The van der Waals surface area contributed by atoms with Crippen molar-refractivity contribution in [3.63, 3.8) is 0 Å². The van der Waals surface area contributed by atoms with E-state index in [0.717, 1.165) is 17.1 Å². The van der Waals surface area contributed by atoms with Crippen LogP contribution in [0.4, 0.5) is 0 Å². The lowest BCUT2D eigenvalue weighted by Crippen LogP contribution is -2.17. The van der Waals surface area contributed by atoms with Crippen LogP contribution < -0.4 is 9.47 Å². The van der Waals surface area contributed by atoms with Crippen molar-refractivity contribution in [3.8, 4) is 11.5 Å². The van der Waals surface area contributed by atoms with Crippen LogP contribution in [0.25, 0.3) is 0 Å². The molecule has 1 unspecified atom stereocenters. The van der Waals surface area contributed by atoms with Gasteiger partial charge in [-0.3, -0.25) is 0 Å². The lowest BCUT2D eigenvalue weighted by molar-refractivity contribution is 0.388. The van der Waals surface area contributed by atoms with Gasteiger partial charge in [0.25, 0.3) is 0 Å². The molecule has 1 aliphatic rings. The maximum absolute atomic E-state index is 10.9. The van der Waals surface area contributed by atoms with Crippen LogP contribution in [-0.4, -0.2) is 32.0 Å². The van der Waals surface area contributed by atoms with Gasteiger partial charge in [-0.15, -0.1) is 0 Å². The summed E-state index contributed by atoms with van der Waals surface area (Å²) in [6.45, 7) is 0.301. The van der Waals surface area contributed by atoms with Crippen molar-refractivity contribution in [3.05, 3.63) is 29.0 Å². The molecule has 0 saturated heterocycles. The Balaban J connectivity index is 2.12. The lowest BCUT2D eigenvalue weighted by Gasteiger charge is -2.18. The molecule has 6 heteroatoms. The largest absolute Gasteiger partial charge is 0.740 e. The van der Waals surface area contributed by atoms with Gasteiger partial charge in [0.05, 0.1) is 26.8 Å². The molecular formula is C11H14N3O3-. The minimum absolute atomic E-state index is 0.102. The molecule has 1 aliphatic heterocycles. The number of nitrogens with zero attached hydrogens (tertiary/aromatic N) is 3. The van der Waals surface area contributed by atoms with E-state index in [1.54, 1.807) is 14.2 Å². The summed E-state index contributed by atoms with van der Waals surface area (Å²) in [7, 11) is 3.21. The third kappa shape index (κ3) is 2.65. The minimum Gasteiger partial charge on any atom is -0.740 e. The Morgan fingerprint density at radius 1 is 1.41 bits per heavy atom. The van der Waals surface area contributed by atoms with Crippen LogP contribution >= 0.6 is 0 Å². The third-order valence-electron chi connectivity index (χ3n) is 2.63. The summed E-state index contributed by atoms with van der Waals surface area (Å²) in [4.78, 5) is 0. The predicted octanol–water partition coefficient (Wildman–Crippen LogP) is 1.80.